The summed E-state index contributed by atoms with van der Waals surface area (Å²) < 4.78 is 23.9. The molecule has 0 amide bonds. The van der Waals surface area contributed by atoms with Gasteiger partial charge in [-0.15, -0.1) is 0 Å². The summed E-state index contributed by atoms with van der Waals surface area (Å²) in [5.41, 5.74) is 3.65. The van der Waals surface area contributed by atoms with Gasteiger partial charge in [-0.3, -0.25) is 0 Å². The minimum Gasteiger partial charge on any atom is -0.494 e. The average molecular weight is 526 g/mol. The van der Waals surface area contributed by atoms with Crippen molar-refractivity contribution in [3.05, 3.63) is 114 Å². The SMILES string of the molecule is COC[C@@H]1CNC[C@H](OCc2ccc3ccccc3c2)[C@H]1c1ccc(OCCCOCc2ccccc2)cc1. The van der Waals surface area contributed by atoms with Crippen LogP contribution in [-0.4, -0.2) is 46.1 Å². The molecule has 1 aliphatic rings. The number of ether oxygens (including phenoxy) is 4. The molecule has 39 heavy (non-hydrogen) atoms. The number of hydrogen-bond donors (Lipinski definition) is 1. The quantitative estimate of drug-likeness (QED) is 0.206. The van der Waals surface area contributed by atoms with Gasteiger partial charge < -0.3 is 24.3 Å². The lowest BCUT2D eigenvalue weighted by Crippen LogP contribution is -2.48. The molecule has 5 heteroatoms. The molecule has 1 saturated heterocycles. The Bertz CT molecular complexity index is 1280. The third kappa shape index (κ3) is 7.68. The van der Waals surface area contributed by atoms with E-state index < -0.39 is 0 Å². The zero-order valence-corrected chi connectivity index (χ0v) is 22.8. The van der Waals surface area contributed by atoms with E-state index >= 15 is 0 Å². The topological polar surface area (TPSA) is 49.0 Å². The third-order valence-electron chi connectivity index (χ3n) is 7.40. The van der Waals surface area contributed by atoms with E-state index in [9.17, 15) is 0 Å². The van der Waals surface area contributed by atoms with E-state index in [0.29, 0.717) is 39.0 Å². The summed E-state index contributed by atoms with van der Waals surface area (Å²) in [6.45, 7) is 4.95. The van der Waals surface area contributed by atoms with Crippen LogP contribution in [0, 0.1) is 5.92 Å². The minimum absolute atomic E-state index is 0.0545. The van der Waals surface area contributed by atoms with E-state index in [1.165, 1.54) is 27.5 Å². The molecule has 5 rings (SSSR count). The van der Waals surface area contributed by atoms with Crippen LogP contribution in [-0.2, 0) is 27.4 Å². The van der Waals surface area contributed by atoms with E-state index in [1.54, 1.807) is 7.11 Å². The maximum Gasteiger partial charge on any atom is 0.119 e. The van der Waals surface area contributed by atoms with E-state index in [0.717, 1.165) is 25.3 Å². The summed E-state index contributed by atoms with van der Waals surface area (Å²) in [6.07, 6.45) is 0.905. The van der Waals surface area contributed by atoms with E-state index in [4.69, 9.17) is 18.9 Å². The van der Waals surface area contributed by atoms with Gasteiger partial charge in [0.25, 0.3) is 0 Å². The molecule has 0 saturated carbocycles. The van der Waals surface area contributed by atoms with Crippen LogP contribution in [0.15, 0.2) is 97.1 Å². The number of methoxy groups -OCH3 is 1. The summed E-state index contributed by atoms with van der Waals surface area (Å²) in [4.78, 5) is 0. The van der Waals surface area contributed by atoms with Gasteiger partial charge in [-0.1, -0.05) is 78.9 Å². The highest BCUT2D eigenvalue weighted by Crippen LogP contribution is 2.34. The average Bonchev–Trinajstić information content (AvgIpc) is 2.99. The second-order valence-corrected chi connectivity index (χ2v) is 10.2. The van der Waals surface area contributed by atoms with Crippen molar-refractivity contribution >= 4 is 10.8 Å². The number of benzene rings is 4. The summed E-state index contributed by atoms with van der Waals surface area (Å²) in [5, 5.41) is 6.05. The van der Waals surface area contributed by atoms with Crippen LogP contribution in [0.2, 0.25) is 0 Å². The van der Waals surface area contributed by atoms with Crippen LogP contribution < -0.4 is 10.1 Å². The van der Waals surface area contributed by atoms with Gasteiger partial charge in [0, 0.05) is 38.5 Å². The Morgan fingerprint density at radius 2 is 1.54 bits per heavy atom. The fourth-order valence-corrected chi connectivity index (χ4v) is 5.43. The number of piperidine rings is 1. The second kappa shape index (κ2) is 14.2. The molecule has 0 radical (unpaired) electrons. The first kappa shape index (κ1) is 27.4. The van der Waals surface area contributed by atoms with Crippen molar-refractivity contribution in [1.82, 2.24) is 5.32 Å². The van der Waals surface area contributed by atoms with Crippen LogP contribution in [0.4, 0.5) is 0 Å². The zero-order valence-electron chi connectivity index (χ0n) is 22.8. The molecule has 0 unspecified atom stereocenters. The summed E-state index contributed by atoms with van der Waals surface area (Å²) in [7, 11) is 1.77. The fraction of sp³-hybridized carbons (Fsp3) is 0.353. The van der Waals surface area contributed by atoms with Crippen LogP contribution in [0.5, 0.6) is 5.75 Å². The van der Waals surface area contributed by atoms with E-state index in [1.807, 2.05) is 18.2 Å². The highest BCUT2D eigenvalue weighted by Gasteiger charge is 2.35. The molecule has 0 spiro atoms. The predicted octanol–water partition coefficient (Wildman–Crippen LogP) is 6.36. The molecule has 4 aromatic rings. The molecule has 3 atom stereocenters. The first-order valence-electron chi connectivity index (χ1n) is 13.9. The Morgan fingerprint density at radius 1 is 0.744 bits per heavy atom. The summed E-state index contributed by atoms with van der Waals surface area (Å²) in [5.74, 6) is 1.46. The van der Waals surface area contributed by atoms with Gasteiger partial charge in [0.2, 0.25) is 0 Å². The van der Waals surface area contributed by atoms with Crippen molar-refractivity contribution in [2.24, 2.45) is 5.92 Å². The van der Waals surface area contributed by atoms with Crippen LogP contribution >= 0.6 is 0 Å². The van der Waals surface area contributed by atoms with Gasteiger partial charge in [-0.25, -0.2) is 0 Å². The summed E-state index contributed by atoms with van der Waals surface area (Å²) in [6, 6.07) is 33.8. The Morgan fingerprint density at radius 3 is 2.36 bits per heavy atom. The highest BCUT2D eigenvalue weighted by atomic mass is 16.5. The monoisotopic (exact) mass is 525 g/mol. The Hall–Kier alpha value is -3.22. The van der Waals surface area contributed by atoms with Gasteiger partial charge in [0.15, 0.2) is 0 Å². The summed E-state index contributed by atoms with van der Waals surface area (Å²) >= 11 is 0. The lowest BCUT2D eigenvalue weighted by atomic mass is 9.79. The van der Waals surface area contributed by atoms with E-state index in [-0.39, 0.29) is 12.0 Å². The number of hydrogen-bond acceptors (Lipinski definition) is 5. The molecule has 5 nitrogen and oxygen atoms in total. The molecule has 0 aliphatic carbocycles. The van der Waals surface area contributed by atoms with Gasteiger partial charge in [-0.05, 0) is 45.7 Å². The smallest absolute Gasteiger partial charge is 0.119 e. The first-order chi connectivity index (χ1) is 19.3. The molecule has 1 heterocycles. The lowest BCUT2D eigenvalue weighted by Gasteiger charge is -2.38. The Balaban J connectivity index is 1.16. The van der Waals surface area contributed by atoms with E-state index in [2.05, 4.69) is 84.2 Å². The molecule has 4 aromatic carbocycles. The molecule has 1 aliphatic heterocycles. The van der Waals surface area contributed by atoms with Gasteiger partial charge in [-0.2, -0.15) is 0 Å². The maximum absolute atomic E-state index is 6.56. The fourth-order valence-electron chi connectivity index (χ4n) is 5.43. The molecule has 0 aromatic heterocycles. The molecule has 0 bridgehead atoms. The van der Waals surface area contributed by atoms with Crippen LogP contribution in [0.3, 0.4) is 0 Å². The second-order valence-electron chi connectivity index (χ2n) is 10.2. The largest absolute Gasteiger partial charge is 0.494 e. The molecule has 1 N–H and O–H groups in total. The standard InChI is InChI=1S/C34H39NO4/c1-36-25-31-21-35-22-33(39-24-27-12-13-28-10-5-6-11-30(28)20-27)34(31)29-14-16-32(17-15-29)38-19-7-18-37-23-26-8-3-2-4-9-26/h2-6,8-17,20,31,33-35H,7,18-19,21-25H2,1H3/t31-,33-,34-/m0/s1. The normalized spacial score (nSPS) is 19.3. The third-order valence-corrected chi connectivity index (χ3v) is 7.40. The number of fused-ring (bicyclic) bond motifs is 1. The Kier molecular flexibility index (Phi) is 9.99. The van der Waals surface area contributed by atoms with Crippen molar-refractivity contribution in [2.45, 2.75) is 31.7 Å². The molecule has 1 fully saturated rings. The molecule has 204 valence electrons. The van der Waals surface area contributed by atoms with Crippen molar-refractivity contribution < 1.29 is 18.9 Å². The zero-order chi connectivity index (χ0) is 26.7. The number of nitrogens with one attached hydrogen (secondary N) is 1. The predicted molar refractivity (Wildman–Crippen MR) is 156 cm³/mol. The van der Waals surface area contributed by atoms with Crippen molar-refractivity contribution in [3.8, 4) is 5.75 Å². The van der Waals surface area contributed by atoms with Crippen molar-refractivity contribution in [1.29, 1.82) is 0 Å². The first-order valence-corrected chi connectivity index (χ1v) is 13.9. The minimum atomic E-state index is 0.0545. The number of rotatable bonds is 13. The van der Waals surface area contributed by atoms with Crippen LogP contribution in [0.1, 0.15) is 29.0 Å². The van der Waals surface area contributed by atoms with Gasteiger partial charge >= 0.3 is 0 Å². The Labute approximate surface area is 232 Å². The lowest BCUT2D eigenvalue weighted by molar-refractivity contribution is -0.0193. The van der Waals surface area contributed by atoms with Crippen molar-refractivity contribution in [2.75, 3.05) is 40.0 Å². The molecular formula is C34H39NO4. The van der Waals surface area contributed by atoms with Gasteiger partial charge in [0.05, 0.1) is 39.1 Å². The maximum atomic E-state index is 6.56. The van der Waals surface area contributed by atoms with Crippen molar-refractivity contribution in [3.63, 3.8) is 0 Å². The van der Waals surface area contributed by atoms with Crippen LogP contribution in [0.25, 0.3) is 10.8 Å². The molecular weight excluding hydrogens is 486 g/mol. The van der Waals surface area contributed by atoms with Gasteiger partial charge in [0.1, 0.15) is 5.75 Å². The highest BCUT2D eigenvalue weighted by molar-refractivity contribution is 5.82.